The first-order valence-electron chi connectivity index (χ1n) is 5.15. The Balaban J connectivity index is 4.47. The van der Waals surface area contributed by atoms with Gasteiger partial charge in [0, 0.05) is 5.82 Å². The average Bonchev–Trinajstić information content (AvgIpc) is 2.00. The summed E-state index contributed by atoms with van der Waals surface area (Å²) in [5.41, 5.74) is 0. The molecule has 0 fully saturated rings. The second-order valence-electron chi connectivity index (χ2n) is 3.59. The van der Waals surface area contributed by atoms with E-state index in [0.717, 1.165) is 5.75 Å². The Labute approximate surface area is 97.1 Å². The topological polar surface area (TPSA) is 35.5 Å². The van der Waals surface area contributed by atoms with Crippen LogP contribution < -0.4 is 0 Å². The van der Waals surface area contributed by atoms with Gasteiger partial charge in [0.15, 0.2) is 0 Å². The van der Waals surface area contributed by atoms with E-state index in [1.807, 2.05) is 34.6 Å². The summed E-state index contributed by atoms with van der Waals surface area (Å²) >= 11 is 1.58. The number of rotatable bonds is 7. The normalized spacial score (nSPS) is 13.3. The van der Waals surface area contributed by atoms with Gasteiger partial charge in [0.2, 0.25) is 0 Å². The lowest BCUT2D eigenvalue weighted by Crippen LogP contribution is -2.06. The van der Waals surface area contributed by atoms with Crippen LogP contribution >= 0.6 is 19.4 Å². The van der Waals surface area contributed by atoms with Crippen molar-refractivity contribution in [3.05, 3.63) is 11.2 Å². The first-order valence-corrected chi connectivity index (χ1v) is 7.81. The maximum Gasteiger partial charge on any atom is 0.355 e. The summed E-state index contributed by atoms with van der Waals surface area (Å²) < 4.78 is 22.8. The molecule has 3 nitrogen and oxygen atoms in total. The Hall–Kier alpha value is 0.240. The van der Waals surface area contributed by atoms with E-state index < -0.39 is 7.60 Å². The predicted octanol–water partition coefficient (Wildman–Crippen LogP) is 4.25. The lowest BCUT2D eigenvalue weighted by atomic mass is 10.5. The van der Waals surface area contributed by atoms with E-state index in [-0.39, 0.29) is 12.2 Å². The summed E-state index contributed by atoms with van der Waals surface area (Å²) in [6.45, 7) is 9.41. The molecule has 0 aromatic heterocycles. The first-order chi connectivity index (χ1) is 6.89. The number of thioether (sulfide) groups is 1. The van der Waals surface area contributed by atoms with E-state index in [4.69, 9.17) is 9.05 Å². The molecule has 0 aromatic carbocycles. The molecule has 0 rings (SSSR count). The highest BCUT2D eigenvalue weighted by Crippen LogP contribution is 2.52. The zero-order valence-electron chi connectivity index (χ0n) is 10.1. The van der Waals surface area contributed by atoms with Gasteiger partial charge in [-0.05, 0) is 38.9 Å². The molecule has 0 bridgehead atoms. The van der Waals surface area contributed by atoms with Crippen molar-refractivity contribution in [1.82, 2.24) is 0 Å². The molecule has 0 N–H and O–H groups in total. The zero-order valence-corrected chi connectivity index (χ0v) is 11.8. The van der Waals surface area contributed by atoms with Gasteiger partial charge in [-0.15, -0.1) is 11.8 Å². The van der Waals surface area contributed by atoms with Crippen molar-refractivity contribution in [2.45, 2.75) is 46.8 Å². The summed E-state index contributed by atoms with van der Waals surface area (Å²) in [5.74, 6) is 2.49. The summed E-state index contributed by atoms with van der Waals surface area (Å²) in [7, 11) is -3.06. The summed E-state index contributed by atoms with van der Waals surface area (Å²) in [6.07, 6.45) is -0.211. The van der Waals surface area contributed by atoms with E-state index in [9.17, 15) is 4.57 Å². The lowest BCUT2D eigenvalue weighted by molar-refractivity contribution is 0.149. The summed E-state index contributed by atoms with van der Waals surface area (Å²) in [5, 5.41) is 1.78. The number of hydrogen-bond donors (Lipinski definition) is 0. The van der Waals surface area contributed by atoms with E-state index in [0.29, 0.717) is 0 Å². The van der Waals surface area contributed by atoms with Crippen molar-refractivity contribution in [2.24, 2.45) is 0 Å². The van der Waals surface area contributed by atoms with E-state index in [2.05, 4.69) is 0 Å². The molecule has 0 aliphatic heterocycles. The van der Waals surface area contributed by atoms with E-state index in [1.54, 1.807) is 23.0 Å². The molecule has 0 aromatic rings. The van der Waals surface area contributed by atoms with Gasteiger partial charge in [0.25, 0.3) is 0 Å². The van der Waals surface area contributed by atoms with Crippen molar-refractivity contribution in [3.63, 3.8) is 0 Å². The van der Waals surface area contributed by atoms with Crippen LogP contribution in [0.15, 0.2) is 11.2 Å². The molecule has 0 heterocycles. The molecule has 0 aliphatic rings. The fourth-order valence-corrected chi connectivity index (χ4v) is 3.40. The van der Waals surface area contributed by atoms with Crippen LogP contribution in [0.3, 0.4) is 0 Å². The fraction of sp³-hybridized carbons (Fsp3) is 0.800. The third kappa shape index (κ3) is 8.09. The van der Waals surface area contributed by atoms with Crippen molar-refractivity contribution >= 4 is 19.4 Å². The number of hydrogen-bond acceptors (Lipinski definition) is 4. The maximum atomic E-state index is 12.2. The van der Waals surface area contributed by atoms with Crippen molar-refractivity contribution in [2.75, 3.05) is 5.75 Å². The third-order valence-corrected chi connectivity index (χ3v) is 4.03. The van der Waals surface area contributed by atoms with Crippen molar-refractivity contribution in [1.29, 1.82) is 0 Å². The molecule has 0 amide bonds. The van der Waals surface area contributed by atoms with Crippen molar-refractivity contribution in [3.8, 4) is 0 Å². The molecule has 15 heavy (non-hydrogen) atoms. The smallest absolute Gasteiger partial charge is 0.303 e. The van der Waals surface area contributed by atoms with Crippen LogP contribution in [0.25, 0.3) is 0 Å². The quantitative estimate of drug-likeness (QED) is 0.634. The van der Waals surface area contributed by atoms with E-state index >= 15 is 0 Å². The summed E-state index contributed by atoms with van der Waals surface area (Å²) in [4.78, 5) is 0. The Bertz CT molecular complexity index is 225. The van der Waals surface area contributed by atoms with Crippen LogP contribution in [-0.2, 0) is 13.6 Å². The molecule has 0 saturated heterocycles. The molecule has 0 saturated carbocycles. The fourth-order valence-electron chi connectivity index (χ4n) is 0.897. The molecule has 0 spiro atoms. The van der Waals surface area contributed by atoms with Gasteiger partial charge in [-0.25, -0.2) is 0 Å². The zero-order chi connectivity index (χ0) is 11.9. The van der Waals surface area contributed by atoms with Gasteiger partial charge in [-0.3, -0.25) is 4.57 Å². The van der Waals surface area contributed by atoms with Crippen LogP contribution in [0, 0.1) is 0 Å². The minimum atomic E-state index is -3.06. The molecule has 90 valence electrons. The van der Waals surface area contributed by atoms with Gasteiger partial charge >= 0.3 is 7.60 Å². The minimum absolute atomic E-state index is 0.106. The monoisotopic (exact) mass is 252 g/mol. The third-order valence-electron chi connectivity index (χ3n) is 1.22. The molecule has 0 aliphatic carbocycles. The molecular formula is C10H21O3PS. The maximum absolute atomic E-state index is 12.2. The Morgan fingerprint density at radius 3 is 2.00 bits per heavy atom. The van der Waals surface area contributed by atoms with Crippen molar-refractivity contribution < 1.29 is 13.6 Å². The highest BCUT2D eigenvalue weighted by Gasteiger charge is 2.23. The molecular weight excluding hydrogens is 231 g/mol. The van der Waals surface area contributed by atoms with Crippen LogP contribution in [-0.4, -0.2) is 18.0 Å². The Kier molecular flexibility index (Phi) is 7.62. The average molecular weight is 252 g/mol. The van der Waals surface area contributed by atoms with E-state index in [1.165, 1.54) is 0 Å². The highest BCUT2D eigenvalue weighted by atomic mass is 32.2. The lowest BCUT2D eigenvalue weighted by Gasteiger charge is -2.19. The van der Waals surface area contributed by atoms with Gasteiger partial charge in [0.1, 0.15) is 0 Å². The highest BCUT2D eigenvalue weighted by molar-refractivity contribution is 8.02. The minimum Gasteiger partial charge on any atom is -0.303 e. The Morgan fingerprint density at radius 2 is 1.67 bits per heavy atom. The second kappa shape index (κ2) is 7.50. The molecule has 5 heteroatoms. The SMILES string of the molecule is CCS/C=C/P(=O)(OC(C)C)OC(C)C. The standard InChI is InChI=1S/C10H21O3PS/c1-6-15-8-7-14(11,12-9(2)3)13-10(4)5/h7-10H,6H2,1-5H3/b8-7+. The first kappa shape index (κ1) is 15.2. The van der Waals surface area contributed by atoms with Gasteiger partial charge in [-0.2, -0.15) is 0 Å². The summed E-state index contributed by atoms with van der Waals surface area (Å²) in [6, 6.07) is 0. The Morgan fingerprint density at radius 1 is 1.20 bits per heavy atom. The predicted molar refractivity (Wildman–Crippen MR) is 67.3 cm³/mol. The molecule has 0 atom stereocenters. The van der Waals surface area contributed by atoms with Crippen LogP contribution in [0.2, 0.25) is 0 Å². The van der Waals surface area contributed by atoms with Gasteiger partial charge < -0.3 is 9.05 Å². The van der Waals surface area contributed by atoms with Gasteiger partial charge in [0.05, 0.1) is 12.2 Å². The van der Waals surface area contributed by atoms with Crippen LogP contribution in [0.4, 0.5) is 0 Å². The molecule has 0 unspecified atom stereocenters. The van der Waals surface area contributed by atoms with Crippen LogP contribution in [0.1, 0.15) is 34.6 Å². The van der Waals surface area contributed by atoms with Crippen LogP contribution in [0.5, 0.6) is 0 Å². The largest absolute Gasteiger partial charge is 0.355 e. The molecule has 0 radical (unpaired) electrons. The van der Waals surface area contributed by atoms with Gasteiger partial charge in [-0.1, -0.05) is 6.92 Å². The second-order valence-corrected chi connectivity index (χ2v) is 6.57.